The van der Waals surface area contributed by atoms with Crippen molar-refractivity contribution in [1.29, 1.82) is 0 Å². The highest BCUT2D eigenvalue weighted by molar-refractivity contribution is 7.84. The second-order valence-corrected chi connectivity index (χ2v) is 4.90. The predicted octanol–water partition coefficient (Wildman–Crippen LogP) is 0.965. The van der Waals surface area contributed by atoms with E-state index in [1.165, 1.54) is 0 Å². The van der Waals surface area contributed by atoms with E-state index in [1.54, 1.807) is 0 Å². The molecule has 1 aliphatic rings. The first-order chi connectivity index (χ1) is 7.51. The molecule has 2 N–H and O–H groups in total. The van der Waals surface area contributed by atoms with Gasteiger partial charge in [0.1, 0.15) is 0 Å². The van der Waals surface area contributed by atoms with E-state index in [-0.39, 0.29) is 6.61 Å². The van der Waals surface area contributed by atoms with Crippen molar-refractivity contribution in [3.63, 3.8) is 0 Å². The number of nitrogens with two attached hydrogens (primary N) is 1. The third kappa shape index (κ3) is 7.16. The summed E-state index contributed by atoms with van der Waals surface area (Å²) >= 11 is 0. The first-order valence-corrected chi connectivity index (χ1v) is 7.38. The molecule has 1 saturated heterocycles. The highest BCUT2D eigenvalue weighted by Crippen LogP contribution is 2.16. The number of likely N-dealkylation sites (tertiary alicyclic amines) is 1. The van der Waals surface area contributed by atoms with Gasteiger partial charge < -0.3 is 4.90 Å². The van der Waals surface area contributed by atoms with Crippen LogP contribution < -0.4 is 5.14 Å². The molecule has 0 aromatic carbocycles. The molecule has 0 saturated carbocycles. The van der Waals surface area contributed by atoms with Crippen LogP contribution in [0.2, 0.25) is 0 Å². The molecule has 1 unspecified atom stereocenters. The lowest BCUT2D eigenvalue weighted by molar-refractivity contribution is 0.137. The van der Waals surface area contributed by atoms with Crippen LogP contribution in [0.15, 0.2) is 0 Å². The van der Waals surface area contributed by atoms with Crippen molar-refractivity contribution in [3.8, 4) is 0 Å². The Kier molecular flexibility index (Phi) is 7.91. The van der Waals surface area contributed by atoms with Crippen LogP contribution in [-0.4, -0.2) is 39.6 Å². The summed E-state index contributed by atoms with van der Waals surface area (Å²) in [5.41, 5.74) is 0. The Morgan fingerprint density at radius 1 is 1.44 bits per heavy atom. The maximum Gasteiger partial charge on any atom is 0.333 e. The summed E-state index contributed by atoms with van der Waals surface area (Å²) in [6.07, 6.45) is 2.12. The van der Waals surface area contributed by atoms with Crippen molar-refractivity contribution in [2.45, 2.75) is 33.6 Å². The van der Waals surface area contributed by atoms with Gasteiger partial charge in [0.15, 0.2) is 0 Å². The van der Waals surface area contributed by atoms with Gasteiger partial charge in [0.05, 0.1) is 6.61 Å². The Bertz CT molecular complexity index is 267. The van der Waals surface area contributed by atoms with Crippen LogP contribution in [0.3, 0.4) is 0 Å². The Morgan fingerprint density at radius 3 is 2.56 bits per heavy atom. The predicted molar refractivity (Wildman–Crippen MR) is 65.2 cm³/mol. The lowest BCUT2D eigenvalue weighted by Gasteiger charge is -2.31. The summed E-state index contributed by atoms with van der Waals surface area (Å²) in [7, 11) is -3.77. The van der Waals surface area contributed by atoms with Crippen LogP contribution in [0.5, 0.6) is 0 Å². The maximum absolute atomic E-state index is 10.6. The van der Waals surface area contributed by atoms with Gasteiger partial charge in [0, 0.05) is 6.54 Å². The molecular weight excluding hydrogens is 228 g/mol. The van der Waals surface area contributed by atoms with Crippen molar-refractivity contribution in [2.75, 3.05) is 26.2 Å². The number of hydrogen-bond acceptors (Lipinski definition) is 4. The van der Waals surface area contributed by atoms with Gasteiger partial charge in [-0.3, -0.25) is 4.18 Å². The molecule has 1 heterocycles. The minimum atomic E-state index is -3.77. The summed E-state index contributed by atoms with van der Waals surface area (Å²) in [6, 6.07) is 0. The van der Waals surface area contributed by atoms with Crippen molar-refractivity contribution in [3.05, 3.63) is 0 Å². The fraction of sp³-hybridized carbons (Fsp3) is 1.00. The molecule has 0 aromatic rings. The zero-order valence-electron chi connectivity index (χ0n) is 10.5. The SMILES string of the molecule is CC.CCN1CCCC(COS(N)(=O)=O)C1. The Hall–Kier alpha value is -0.170. The van der Waals surface area contributed by atoms with E-state index < -0.39 is 10.3 Å². The number of piperidine rings is 1. The number of hydrogen-bond donors (Lipinski definition) is 1. The first kappa shape index (κ1) is 15.8. The topological polar surface area (TPSA) is 72.6 Å². The van der Waals surface area contributed by atoms with Crippen LogP contribution in [0.25, 0.3) is 0 Å². The zero-order chi connectivity index (χ0) is 12.6. The van der Waals surface area contributed by atoms with Crippen LogP contribution in [0, 0.1) is 5.92 Å². The number of rotatable bonds is 4. The molecular formula is C10H24N2O3S. The Balaban J connectivity index is 0.00000106. The summed E-state index contributed by atoms with van der Waals surface area (Å²) < 4.78 is 25.7. The van der Waals surface area contributed by atoms with Crippen molar-refractivity contribution >= 4 is 10.3 Å². The summed E-state index contributed by atoms with van der Waals surface area (Å²) in [5.74, 6) is 0.294. The van der Waals surface area contributed by atoms with E-state index >= 15 is 0 Å². The normalized spacial score (nSPS) is 22.4. The van der Waals surface area contributed by atoms with E-state index in [4.69, 9.17) is 5.14 Å². The Morgan fingerprint density at radius 2 is 2.06 bits per heavy atom. The van der Waals surface area contributed by atoms with Gasteiger partial charge >= 0.3 is 10.3 Å². The molecule has 1 fully saturated rings. The molecule has 0 bridgehead atoms. The van der Waals surface area contributed by atoms with Gasteiger partial charge in [0.2, 0.25) is 0 Å². The Labute approximate surface area is 99.2 Å². The van der Waals surface area contributed by atoms with Gasteiger partial charge in [-0.2, -0.15) is 8.42 Å². The molecule has 1 aliphatic heterocycles. The average Bonchev–Trinajstić information content (AvgIpc) is 2.28. The third-order valence-electron chi connectivity index (χ3n) is 2.52. The quantitative estimate of drug-likeness (QED) is 0.809. The third-order valence-corrected chi connectivity index (χ3v) is 2.98. The molecule has 1 rings (SSSR count). The standard InChI is InChI=1S/C8H18N2O3S.C2H6/c1-2-10-5-3-4-8(6-10)7-13-14(9,11)12;1-2/h8H,2-7H2,1H3,(H2,9,11,12);1-2H3. The summed E-state index contributed by atoms with van der Waals surface area (Å²) in [6.45, 7) is 9.33. The van der Waals surface area contributed by atoms with Crippen LogP contribution in [0.4, 0.5) is 0 Å². The average molecular weight is 252 g/mol. The van der Waals surface area contributed by atoms with E-state index in [0.717, 1.165) is 32.5 Å². The fourth-order valence-corrected chi connectivity index (χ4v) is 2.15. The molecule has 0 radical (unpaired) electrons. The fourth-order valence-electron chi connectivity index (χ4n) is 1.77. The van der Waals surface area contributed by atoms with E-state index in [0.29, 0.717) is 5.92 Å². The van der Waals surface area contributed by atoms with Gasteiger partial charge in [-0.25, -0.2) is 5.14 Å². The minimum Gasteiger partial charge on any atom is -0.303 e. The second kappa shape index (κ2) is 8.00. The largest absolute Gasteiger partial charge is 0.333 e. The lowest BCUT2D eigenvalue weighted by atomic mass is 9.99. The highest BCUT2D eigenvalue weighted by Gasteiger charge is 2.20. The van der Waals surface area contributed by atoms with Crippen LogP contribution in [0.1, 0.15) is 33.6 Å². The van der Waals surface area contributed by atoms with Gasteiger partial charge in [-0.05, 0) is 31.8 Å². The lowest BCUT2D eigenvalue weighted by Crippen LogP contribution is -2.37. The first-order valence-electron chi connectivity index (χ1n) is 5.90. The molecule has 5 nitrogen and oxygen atoms in total. The molecule has 0 amide bonds. The zero-order valence-corrected chi connectivity index (χ0v) is 11.3. The molecule has 0 aromatic heterocycles. The van der Waals surface area contributed by atoms with Gasteiger partial charge in [-0.15, -0.1) is 0 Å². The molecule has 1 atom stereocenters. The molecule has 16 heavy (non-hydrogen) atoms. The highest BCUT2D eigenvalue weighted by atomic mass is 32.2. The van der Waals surface area contributed by atoms with E-state index in [1.807, 2.05) is 13.8 Å². The van der Waals surface area contributed by atoms with Gasteiger partial charge in [0.25, 0.3) is 0 Å². The molecule has 98 valence electrons. The van der Waals surface area contributed by atoms with Crippen LogP contribution in [-0.2, 0) is 14.5 Å². The van der Waals surface area contributed by atoms with E-state index in [9.17, 15) is 8.42 Å². The maximum atomic E-state index is 10.6. The molecule has 6 heteroatoms. The van der Waals surface area contributed by atoms with Crippen molar-refractivity contribution < 1.29 is 12.6 Å². The van der Waals surface area contributed by atoms with Crippen molar-refractivity contribution in [1.82, 2.24) is 4.90 Å². The van der Waals surface area contributed by atoms with E-state index in [2.05, 4.69) is 16.0 Å². The van der Waals surface area contributed by atoms with Crippen LogP contribution >= 0.6 is 0 Å². The monoisotopic (exact) mass is 252 g/mol. The van der Waals surface area contributed by atoms with Crippen molar-refractivity contribution in [2.24, 2.45) is 11.1 Å². The summed E-state index contributed by atoms with van der Waals surface area (Å²) in [5, 5.41) is 4.76. The molecule has 0 aliphatic carbocycles. The smallest absolute Gasteiger partial charge is 0.303 e. The van der Waals surface area contributed by atoms with Gasteiger partial charge in [-0.1, -0.05) is 20.8 Å². The molecule has 0 spiro atoms. The summed E-state index contributed by atoms with van der Waals surface area (Å²) in [4.78, 5) is 2.29. The number of nitrogens with zero attached hydrogens (tertiary/aromatic N) is 1. The second-order valence-electron chi connectivity index (χ2n) is 3.68. The minimum absolute atomic E-state index is 0.218.